The third-order valence-corrected chi connectivity index (χ3v) is 4.19. The molecule has 0 radical (unpaired) electrons. The lowest BCUT2D eigenvalue weighted by atomic mass is 10.1. The third-order valence-electron chi connectivity index (χ3n) is 3.88. The highest BCUT2D eigenvalue weighted by atomic mass is 32.1. The van der Waals surface area contributed by atoms with Crippen LogP contribution in [-0.2, 0) is 16.1 Å². The lowest BCUT2D eigenvalue weighted by molar-refractivity contribution is -0.136. The zero-order valence-electron chi connectivity index (χ0n) is 15.6. The molecule has 0 fully saturated rings. The Morgan fingerprint density at radius 2 is 1.96 bits per heavy atom. The number of amides is 2. The smallest absolute Gasteiger partial charge is 0.243 e. The molecule has 0 atom stereocenters. The Balaban J connectivity index is 2.18. The molecule has 1 aromatic carbocycles. The first-order valence-corrected chi connectivity index (χ1v) is 9.02. The van der Waals surface area contributed by atoms with Crippen LogP contribution in [0.4, 0.5) is 0 Å². The minimum Gasteiger partial charge on any atom is -0.352 e. The van der Waals surface area contributed by atoms with Gasteiger partial charge in [-0.2, -0.15) is 5.10 Å². The van der Waals surface area contributed by atoms with Gasteiger partial charge in [-0.05, 0) is 39.9 Å². The number of benzene rings is 1. The van der Waals surface area contributed by atoms with E-state index in [4.69, 9.17) is 12.2 Å². The van der Waals surface area contributed by atoms with Crippen LogP contribution in [0.1, 0.15) is 26.3 Å². The van der Waals surface area contributed by atoms with Crippen molar-refractivity contribution in [2.45, 2.75) is 40.3 Å². The predicted octanol–water partition coefficient (Wildman–Crippen LogP) is 2.29. The van der Waals surface area contributed by atoms with Crippen LogP contribution in [0.2, 0.25) is 0 Å². The summed E-state index contributed by atoms with van der Waals surface area (Å²) in [6.45, 7) is 8.11. The predicted molar refractivity (Wildman–Crippen MR) is 103 cm³/mol. The Labute approximate surface area is 158 Å². The maximum Gasteiger partial charge on any atom is 0.243 e. The molecule has 2 rings (SSSR count). The average molecular weight is 375 g/mol. The fourth-order valence-corrected chi connectivity index (χ4v) is 2.74. The number of nitrogens with one attached hydrogen (secondary N) is 2. The van der Waals surface area contributed by atoms with Crippen molar-refractivity contribution in [1.29, 1.82) is 0 Å². The molecule has 8 heteroatoms. The third kappa shape index (κ3) is 5.01. The van der Waals surface area contributed by atoms with Crippen LogP contribution in [0.15, 0.2) is 24.3 Å². The second kappa shape index (κ2) is 8.75. The zero-order valence-corrected chi connectivity index (χ0v) is 16.4. The van der Waals surface area contributed by atoms with Gasteiger partial charge in [-0.25, -0.2) is 0 Å². The minimum atomic E-state index is -0.183. The summed E-state index contributed by atoms with van der Waals surface area (Å²) in [5.41, 5.74) is 2.01. The van der Waals surface area contributed by atoms with Crippen molar-refractivity contribution in [1.82, 2.24) is 25.0 Å². The molecule has 2 aromatic rings. The molecule has 0 aliphatic carbocycles. The zero-order chi connectivity index (χ0) is 19.3. The number of hydrogen-bond acceptors (Lipinski definition) is 4. The number of H-pyrrole nitrogens is 1. The number of hydrogen-bond donors (Lipinski definition) is 2. The van der Waals surface area contributed by atoms with Crippen LogP contribution in [0, 0.1) is 11.7 Å². The largest absolute Gasteiger partial charge is 0.352 e. The maximum atomic E-state index is 12.7. The highest BCUT2D eigenvalue weighted by molar-refractivity contribution is 7.71. The summed E-state index contributed by atoms with van der Waals surface area (Å²) < 4.78 is 2.03. The van der Waals surface area contributed by atoms with Crippen LogP contribution in [-0.4, -0.2) is 50.6 Å². The first-order valence-electron chi connectivity index (χ1n) is 8.61. The van der Waals surface area contributed by atoms with Gasteiger partial charge in [0.1, 0.15) is 6.54 Å². The van der Waals surface area contributed by atoms with Crippen LogP contribution < -0.4 is 5.32 Å². The fraction of sp³-hybridized carbons (Fsp3) is 0.444. The van der Waals surface area contributed by atoms with E-state index in [-0.39, 0.29) is 30.9 Å². The van der Waals surface area contributed by atoms with Crippen molar-refractivity contribution in [3.63, 3.8) is 0 Å². The molecule has 0 bridgehead atoms. The summed E-state index contributed by atoms with van der Waals surface area (Å²) in [7, 11) is 0. The molecule has 140 valence electrons. The van der Waals surface area contributed by atoms with Gasteiger partial charge < -0.3 is 10.2 Å². The molecular weight excluding hydrogens is 350 g/mol. The summed E-state index contributed by atoms with van der Waals surface area (Å²) in [6, 6.07) is 7.87. The number of likely N-dealkylation sites (N-methyl/N-ethyl adjacent to an activating group) is 1. The van der Waals surface area contributed by atoms with Crippen LogP contribution in [0.3, 0.4) is 0 Å². The van der Waals surface area contributed by atoms with E-state index in [1.807, 2.05) is 52.0 Å². The van der Waals surface area contributed by atoms with Gasteiger partial charge in [-0.15, -0.1) is 0 Å². The van der Waals surface area contributed by atoms with E-state index in [9.17, 15) is 9.59 Å². The molecule has 2 amide bonds. The highest BCUT2D eigenvalue weighted by Gasteiger charge is 2.19. The highest BCUT2D eigenvalue weighted by Crippen LogP contribution is 2.18. The first kappa shape index (κ1) is 19.8. The standard InChI is InChI=1S/C18H25N5O2S/c1-5-22(10-15(24)19-12(2)3)16(25)11-23-17(20-21-18(23)26)14-8-6-13(4)7-9-14/h6-9,12H,5,10-11H2,1-4H3,(H,19,24)(H,21,26). The molecule has 0 aliphatic heterocycles. The van der Waals surface area contributed by atoms with Gasteiger partial charge >= 0.3 is 0 Å². The molecule has 26 heavy (non-hydrogen) atoms. The van der Waals surface area contributed by atoms with Crippen LogP contribution in [0.5, 0.6) is 0 Å². The number of nitrogens with zero attached hydrogens (tertiary/aromatic N) is 3. The SMILES string of the molecule is CCN(CC(=O)NC(C)C)C(=O)Cn1c(-c2ccc(C)cc2)n[nH]c1=S. The number of carbonyl (C=O) groups excluding carboxylic acids is 2. The van der Waals surface area contributed by atoms with Crippen molar-refractivity contribution in [3.05, 3.63) is 34.6 Å². The van der Waals surface area contributed by atoms with Crippen LogP contribution >= 0.6 is 12.2 Å². The molecule has 0 unspecified atom stereocenters. The van der Waals surface area contributed by atoms with Crippen molar-refractivity contribution in [2.75, 3.05) is 13.1 Å². The summed E-state index contributed by atoms with van der Waals surface area (Å²) in [4.78, 5) is 26.2. The number of aromatic nitrogens is 3. The van der Waals surface area contributed by atoms with E-state index < -0.39 is 0 Å². The lowest BCUT2D eigenvalue weighted by Crippen LogP contribution is -2.43. The Bertz CT molecular complexity index is 823. The van der Waals surface area contributed by atoms with Gasteiger partial charge in [-0.1, -0.05) is 29.8 Å². The van der Waals surface area contributed by atoms with Gasteiger partial charge in [0.2, 0.25) is 11.8 Å². The minimum absolute atomic E-state index is 0.0263. The topological polar surface area (TPSA) is 83.0 Å². The first-order chi connectivity index (χ1) is 12.3. The van der Waals surface area contributed by atoms with E-state index >= 15 is 0 Å². The molecule has 0 saturated carbocycles. The summed E-state index contributed by atoms with van der Waals surface area (Å²) in [5.74, 6) is 0.244. The quantitative estimate of drug-likeness (QED) is 0.728. The van der Waals surface area contributed by atoms with E-state index in [2.05, 4.69) is 15.5 Å². The van der Waals surface area contributed by atoms with E-state index in [0.717, 1.165) is 11.1 Å². The summed E-state index contributed by atoms with van der Waals surface area (Å²) in [6.07, 6.45) is 0. The number of rotatable bonds is 7. The van der Waals surface area contributed by atoms with E-state index in [1.165, 1.54) is 4.90 Å². The van der Waals surface area contributed by atoms with Crippen LogP contribution in [0.25, 0.3) is 11.4 Å². The molecule has 0 spiro atoms. The summed E-state index contributed by atoms with van der Waals surface area (Å²) in [5, 5.41) is 9.79. The number of aromatic amines is 1. The van der Waals surface area contributed by atoms with E-state index in [1.54, 1.807) is 4.57 Å². The Morgan fingerprint density at radius 3 is 2.54 bits per heavy atom. The Kier molecular flexibility index (Phi) is 6.68. The molecule has 1 heterocycles. The lowest BCUT2D eigenvalue weighted by Gasteiger charge is -2.21. The molecule has 0 aliphatic rings. The summed E-state index contributed by atoms with van der Waals surface area (Å²) >= 11 is 5.28. The molecular formula is C18H25N5O2S. The van der Waals surface area contributed by atoms with Crippen molar-refractivity contribution in [3.8, 4) is 11.4 Å². The van der Waals surface area contributed by atoms with Crippen molar-refractivity contribution < 1.29 is 9.59 Å². The van der Waals surface area contributed by atoms with Crippen molar-refractivity contribution >= 4 is 24.0 Å². The van der Waals surface area contributed by atoms with Gasteiger partial charge in [0.05, 0.1) is 6.54 Å². The van der Waals surface area contributed by atoms with Gasteiger partial charge in [0, 0.05) is 18.2 Å². The second-order valence-electron chi connectivity index (χ2n) is 6.43. The molecule has 7 nitrogen and oxygen atoms in total. The Morgan fingerprint density at radius 1 is 1.31 bits per heavy atom. The Hall–Kier alpha value is -2.48. The average Bonchev–Trinajstić information content (AvgIpc) is 2.93. The molecule has 1 aromatic heterocycles. The normalized spacial score (nSPS) is 10.8. The maximum absolute atomic E-state index is 12.7. The monoisotopic (exact) mass is 375 g/mol. The fourth-order valence-electron chi connectivity index (χ4n) is 2.54. The van der Waals surface area contributed by atoms with Gasteiger partial charge in [0.15, 0.2) is 10.6 Å². The van der Waals surface area contributed by atoms with Gasteiger partial charge in [-0.3, -0.25) is 19.3 Å². The molecule has 2 N–H and O–H groups in total. The molecule has 0 saturated heterocycles. The number of aryl methyl sites for hydroxylation is 1. The number of carbonyl (C=O) groups is 2. The second-order valence-corrected chi connectivity index (χ2v) is 6.82. The van der Waals surface area contributed by atoms with E-state index in [0.29, 0.717) is 17.1 Å². The van der Waals surface area contributed by atoms with Crippen molar-refractivity contribution in [2.24, 2.45) is 0 Å². The van der Waals surface area contributed by atoms with Gasteiger partial charge in [0.25, 0.3) is 0 Å².